The molecule has 0 aliphatic heterocycles. The smallest absolute Gasteiger partial charge is 0.133 e. The average Bonchev–Trinajstić information content (AvgIpc) is 2.95. The fraction of sp³-hybridized carbons (Fsp3) is 0.500. The maximum Gasteiger partial charge on any atom is 0.133 e. The van der Waals surface area contributed by atoms with Crippen LogP contribution in [0.25, 0.3) is 9.88 Å². The van der Waals surface area contributed by atoms with E-state index in [1.807, 2.05) is 11.3 Å². The van der Waals surface area contributed by atoms with Gasteiger partial charge in [-0.05, 0) is 40.9 Å². The maximum absolute atomic E-state index is 4.78. The van der Waals surface area contributed by atoms with E-state index in [1.54, 1.807) is 11.3 Å². The van der Waals surface area contributed by atoms with Crippen LogP contribution in [-0.4, -0.2) is 11.5 Å². The van der Waals surface area contributed by atoms with E-state index in [2.05, 4.69) is 53.5 Å². The molecular formula is C14H19BrN2S2. The Morgan fingerprint density at radius 1 is 1.42 bits per heavy atom. The minimum atomic E-state index is 0.686. The van der Waals surface area contributed by atoms with E-state index < -0.39 is 0 Å². The summed E-state index contributed by atoms with van der Waals surface area (Å²) in [5.41, 5.74) is 1.24. The van der Waals surface area contributed by atoms with Gasteiger partial charge in [0.2, 0.25) is 0 Å². The van der Waals surface area contributed by atoms with Gasteiger partial charge >= 0.3 is 0 Å². The van der Waals surface area contributed by atoms with E-state index in [-0.39, 0.29) is 0 Å². The highest BCUT2D eigenvalue weighted by Gasteiger charge is 2.12. The molecule has 0 aliphatic rings. The SMILES string of the molecule is CCc1nc(-c2cc(Br)cs2)sc1CNCC(C)C. The van der Waals surface area contributed by atoms with E-state index in [4.69, 9.17) is 4.98 Å². The average molecular weight is 359 g/mol. The summed E-state index contributed by atoms with van der Waals surface area (Å²) in [5, 5.41) is 6.77. The Bertz CT molecular complexity index is 531. The van der Waals surface area contributed by atoms with Crippen LogP contribution in [0.5, 0.6) is 0 Å². The minimum absolute atomic E-state index is 0.686. The predicted octanol–water partition coefficient (Wildman–Crippen LogP) is 4.94. The second-order valence-electron chi connectivity index (χ2n) is 4.90. The van der Waals surface area contributed by atoms with E-state index in [0.717, 1.165) is 29.0 Å². The molecule has 0 unspecified atom stereocenters. The lowest BCUT2D eigenvalue weighted by Crippen LogP contribution is -2.18. The van der Waals surface area contributed by atoms with E-state index in [9.17, 15) is 0 Å². The molecule has 0 spiro atoms. The van der Waals surface area contributed by atoms with Crippen molar-refractivity contribution in [2.75, 3.05) is 6.54 Å². The Labute approximate surface area is 131 Å². The minimum Gasteiger partial charge on any atom is -0.312 e. The van der Waals surface area contributed by atoms with E-state index in [0.29, 0.717) is 5.92 Å². The number of thiazole rings is 1. The predicted molar refractivity (Wildman–Crippen MR) is 89.0 cm³/mol. The van der Waals surface area contributed by atoms with Crippen LogP contribution in [0.1, 0.15) is 31.3 Å². The monoisotopic (exact) mass is 358 g/mol. The normalized spacial score (nSPS) is 11.4. The van der Waals surface area contributed by atoms with Gasteiger partial charge in [-0.3, -0.25) is 0 Å². The first-order valence-electron chi connectivity index (χ1n) is 6.53. The summed E-state index contributed by atoms with van der Waals surface area (Å²) in [6.07, 6.45) is 1.00. The van der Waals surface area contributed by atoms with Crippen molar-refractivity contribution >= 4 is 38.6 Å². The van der Waals surface area contributed by atoms with Crippen molar-refractivity contribution in [2.45, 2.75) is 33.7 Å². The van der Waals surface area contributed by atoms with Crippen LogP contribution < -0.4 is 5.32 Å². The van der Waals surface area contributed by atoms with Crippen molar-refractivity contribution in [3.05, 3.63) is 26.5 Å². The summed E-state index contributed by atoms with van der Waals surface area (Å²) in [6, 6.07) is 2.15. The fourth-order valence-corrected chi connectivity index (χ4v) is 4.41. The van der Waals surface area contributed by atoms with Gasteiger partial charge in [0, 0.05) is 21.3 Å². The van der Waals surface area contributed by atoms with Crippen LogP contribution in [-0.2, 0) is 13.0 Å². The number of hydrogen-bond acceptors (Lipinski definition) is 4. The Morgan fingerprint density at radius 3 is 2.79 bits per heavy atom. The second kappa shape index (κ2) is 6.97. The van der Waals surface area contributed by atoms with Gasteiger partial charge in [0.1, 0.15) is 5.01 Å². The zero-order valence-electron chi connectivity index (χ0n) is 11.5. The number of aromatic nitrogens is 1. The Kier molecular flexibility index (Phi) is 5.57. The van der Waals surface area contributed by atoms with Crippen LogP contribution in [0.3, 0.4) is 0 Å². The topological polar surface area (TPSA) is 24.9 Å². The third-order valence-electron chi connectivity index (χ3n) is 2.73. The van der Waals surface area contributed by atoms with E-state index >= 15 is 0 Å². The van der Waals surface area contributed by atoms with Crippen molar-refractivity contribution in [3.8, 4) is 9.88 Å². The lowest BCUT2D eigenvalue weighted by atomic mass is 10.2. The lowest BCUT2D eigenvalue weighted by molar-refractivity contribution is 0.553. The first kappa shape index (κ1) is 15.2. The Hall–Kier alpha value is -0.230. The quantitative estimate of drug-likeness (QED) is 0.790. The molecule has 2 nitrogen and oxygen atoms in total. The van der Waals surface area contributed by atoms with Gasteiger partial charge in [0.05, 0.1) is 10.6 Å². The standard InChI is InChI=1S/C14H19BrN2S2/c1-4-11-13(7-16-6-9(2)3)19-14(17-11)12-5-10(15)8-18-12/h5,8-9,16H,4,6-7H2,1-3H3. The van der Waals surface area contributed by atoms with Crippen LogP contribution in [0.4, 0.5) is 0 Å². The molecular weight excluding hydrogens is 340 g/mol. The summed E-state index contributed by atoms with van der Waals surface area (Å²) < 4.78 is 1.14. The number of rotatable bonds is 6. The fourth-order valence-electron chi connectivity index (χ4n) is 1.80. The zero-order valence-corrected chi connectivity index (χ0v) is 14.7. The first-order valence-corrected chi connectivity index (χ1v) is 9.02. The summed E-state index contributed by atoms with van der Waals surface area (Å²) in [6.45, 7) is 8.63. The number of halogens is 1. The Morgan fingerprint density at radius 2 is 2.21 bits per heavy atom. The molecule has 2 rings (SSSR count). The third-order valence-corrected chi connectivity index (χ3v) is 5.69. The molecule has 0 aromatic carbocycles. The van der Waals surface area contributed by atoms with Gasteiger partial charge in [0.25, 0.3) is 0 Å². The molecule has 0 fully saturated rings. The molecule has 2 aromatic heterocycles. The number of nitrogens with one attached hydrogen (secondary N) is 1. The second-order valence-corrected chi connectivity index (χ2v) is 7.81. The van der Waals surface area contributed by atoms with Gasteiger partial charge < -0.3 is 5.32 Å². The number of nitrogens with zero attached hydrogens (tertiary/aromatic N) is 1. The van der Waals surface area contributed by atoms with Crippen molar-refractivity contribution in [1.29, 1.82) is 0 Å². The van der Waals surface area contributed by atoms with E-state index in [1.165, 1.54) is 15.4 Å². The molecule has 1 N–H and O–H groups in total. The molecule has 0 radical (unpaired) electrons. The summed E-state index contributed by atoms with van der Waals surface area (Å²) in [7, 11) is 0. The molecule has 0 saturated heterocycles. The molecule has 0 amide bonds. The first-order chi connectivity index (χ1) is 9.10. The maximum atomic E-state index is 4.78. The molecule has 0 bridgehead atoms. The summed E-state index contributed by atoms with van der Waals surface area (Å²) in [5.74, 6) is 0.686. The molecule has 2 heterocycles. The van der Waals surface area contributed by atoms with Crippen molar-refractivity contribution in [1.82, 2.24) is 10.3 Å². The molecule has 19 heavy (non-hydrogen) atoms. The largest absolute Gasteiger partial charge is 0.312 e. The number of aryl methyl sites for hydroxylation is 1. The molecule has 5 heteroatoms. The van der Waals surface area contributed by atoms with Crippen LogP contribution >= 0.6 is 38.6 Å². The summed E-state index contributed by atoms with van der Waals surface area (Å²) in [4.78, 5) is 7.41. The lowest BCUT2D eigenvalue weighted by Gasteiger charge is -2.06. The highest BCUT2D eigenvalue weighted by molar-refractivity contribution is 9.10. The third kappa shape index (κ3) is 4.12. The number of hydrogen-bond donors (Lipinski definition) is 1. The van der Waals surface area contributed by atoms with Gasteiger partial charge in [-0.25, -0.2) is 4.98 Å². The molecule has 104 valence electrons. The summed E-state index contributed by atoms with van der Waals surface area (Å²) >= 11 is 7.07. The van der Waals surface area contributed by atoms with Crippen LogP contribution in [0, 0.1) is 5.92 Å². The molecule has 2 aromatic rings. The van der Waals surface area contributed by atoms with Gasteiger partial charge in [-0.1, -0.05) is 20.8 Å². The molecule has 0 atom stereocenters. The van der Waals surface area contributed by atoms with Crippen LogP contribution in [0.2, 0.25) is 0 Å². The van der Waals surface area contributed by atoms with Gasteiger partial charge in [-0.2, -0.15) is 0 Å². The number of thiophene rings is 1. The highest BCUT2D eigenvalue weighted by atomic mass is 79.9. The molecule has 0 aliphatic carbocycles. The van der Waals surface area contributed by atoms with Crippen molar-refractivity contribution in [3.63, 3.8) is 0 Å². The van der Waals surface area contributed by atoms with Crippen LogP contribution in [0.15, 0.2) is 15.9 Å². The van der Waals surface area contributed by atoms with Crippen molar-refractivity contribution in [2.24, 2.45) is 5.92 Å². The van der Waals surface area contributed by atoms with Gasteiger partial charge in [0.15, 0.2) is 0 Å². The highest BCUT2D eigenvalue weighted by Crippen LogP contribution is 2.34. The zero-order chi connectivity index (χ0) is 13.8. The van der Waals surface area contributed by atoms with Crippen molar-refractivity contribution < 1.29 is 0 Å². The molecule has 0 saturated carbocycles. The Balaban J connectivity index is 2.13. The van der Waals surface area contributed by atoms with Gasteiger partial charge in [-0.15, -0.1) is 22.7 Å².